The molecule has 0 bridgehead atoms. The smallest absolute Gasteiger partial charge is 0.387 e. The lowest BCUT2D eigenvalue weighted by Crippen LogP contribution is -2.08. The zero-order valence-corrected chi connectivity index (χ0v) is 11.1. The number of para-hydroxylation sites is 2. The predicted octanol–water partition coefficient (Wildman–Crippen LogP) is 3.65. The van der Waals surface area contributed by atoms with Gasteiger partial charge >= 0.3 is 6.61 Å². The fourth-order valence-corrected chi connectivity index (χ4v) is 1.93. The van der Waals surface area contributed by atoms with E-state index < -0.39 is 6.61 Å². The Labute approximate surface area is 114 Å². The second-order valence-corrected chi connectivity index (χ2v) is 4.50. The van der Waals surface area contributed by atoms with Gasteiger partial charge in [0.05, 0.1) is 5.69 Å². The molecule has 1 heterocycles. The highest BCUT2D eigenvalue weighted by Crippen LogP contribution is 2.29. The number of benzene rings is 1. The maximum absolute atomic E-state index is 12.4. The van der Waals surface area contributed by atoms with Crippen molar-refractivity contribution in [3.8, 4) is 11.4 Å². The molecule has 0 atom stereocenters. The molecule has 0 aliphatic heterocycles. The van der Waals surface area contributed by atoms with Gasteiger partial charge < -0.3 is 4.74 Å². The fraction of sp³-hybridized carbons (Fsp3) is 0.333. The molecule has 0 fully saturated rings. The van der Waals surface area contributed by atoms with Crippen LogP contribution >= 0.6 is 11.6 Å². The van der Waals surface area contributed by atoms with Gasteiger partial charge in [0.15, 0.2) is 0 Å². The number of rotatable bonds is 4. The first-order chi connectivity index (χ1) is 9.00. The molecule has 0 N–H and O–H groups in total. The van der Waals surface area contributed by atoms with Crippen LogP contribution in [-0.2, 0) is 0 Å². The van der Waals surface area contributed by atoms with Crippen molar-refractivity contribution in [3.63, 3.8) is 0 Å². The Kier molecular flexibility index (Phi) is 3.99. The third kappa shape index (κ3) is 2.84. The minimum Gasteiger partial charge on any atom is -0.433 e. The Bertz CT molecular complexity index is 572. The Morgan fingerprint density at radius 3 is 2.53 bits per heavy atom. The van der Waals surface area contributed by atoms with Gasteiger partial charge in [-0.1, -0.05) is 26.0 Å². The van der Waals surface area contributed by atoms with Crippen molar-refractivity contribution < 1.29 is 13.5 Å². The summed E-state index contributed by atoms with van der Waals surface area (Å²) in [7, 11) is 0. The Hall–Kier alpha value is -1.69. The van der Waals surface area contributed by atoms with E-state index in [1.165, 1.54) is 10.6 Å². The van der Waals surface area contributed by atoms with Crippen molar-refractivity contribution in [2.75, 3.05) is 0 Å². The number of hydrogen-bond donors (Lipinski definition) is 0. The highest BCUT2D eigenvalue weighted by Gasteiger charge is 2.19. The van der Waals surface area contributed by atoms with Crippen LogP contribution in [0.2, 0.25) is 5.28 Å². The second-order valence-electron chi connectivity index (χ2n) is 4.16. The molecule has 0 saturated heterocycles. The van der Waals surface area contributed by atoms with E-state index in [2.05, 4.69) is 14.9 Å². The maximum Gasteiger partial charge on any atom is 0.387 e. The highest BCUT2D eigenvalue weighted by molar-refractivity contribution is 6.28. The number of halogens is 3. The average molecular weight is 288 g/mol. The van der Waals surface area contributed by atoms with Crippen LogP contribution in [-0.4, -0.2) is 21.4 Å². The highest BCUT2D eigenvalue weighted by atomic mass is 35.5. The molecule has 7 heteroatoms. The summed E-state index contributed by atoms with van der Waals surface area (Å²) in [5, 5.41) is 7.83. The van der Waals surface area contributed by atoms with Gasteiger partial charge in [-0.2, -0.15) is 8.78 Å². The van der Waals surface area contributed by atoms with Crippen LogP contribution < -0.4 is 4.74 Å². The Morgan fingerprint density at radius 1 is 1.21 bits per heavy atom. The molecule has 0 spiro atoms. The van der Waals surface area contributed by atoms with E-state index >= 15 is 0 Å². The van der Waals surface area contributed by atoms with E-state index in [0.29, 0.717) is 11.5 Å². The van der Waals surface area contributed by atoms with Crippen molar-refractivity contribution in [3.05, 3.63) is 35.4 Å². The van der Waals surface area contributed by atoms with E-state index in [1.807, 2.05) is 13.8 Å². The molecule has 2 rings (SSSR count). The molecule has 19 heavy (non-hydrogen) atoms. The summed E-state index contributed by atoms with van der Waals surface area (Å²) in [6, 6.07) is 6.38. The number of alkyl halides is 2. The van der Waals surface area contributed by atoms with E-state index in [0.717, 1.165) is 0 Å². The molecule has 0 radical (unpaired) electrons. The van der Waals surface area contributed by atoms with Crippen LogP contribution in [0.15, 0.2) is 24.3 Å². The van der Waals surface area contributed by atoms with Gasteiger partial charge in [-0.25, -0.2) is 0 Å². The van der Waals surface area contributed by atoms with Crippen molar-refractivity contribution in [1.29, 1.82) is 0 Å². The summed E-state index contributed by atoms with van der Waals surface area (Å²) in [4.78, 5) is 0. The van der Waals surface area contributed by atoms with Crippen LogP contribution in [0, 0.1) is 0 Å². The van der Waals surface area contributed by atoms with Crippen LogP contribution in [0.1, 0.15) is 25.6 Å². The van der Waals surface area contributed by atoms with Gasteiger partial charge in [0.25, 0.3) is 0 Å². The number of hydrogen-bond acceptors (Lipinski definition) is 3. The zero-order valence-electron chi connectivity index (χ0n) is 10.3. The lowest BCUT2D eigenvalue weighted by Gasteiger charge is -2.14. The summed E-state index contributed by atoms with van der Waals surface area (Å²) in [6.45, 7) is 0.916. The van der Waals surface area contributed by atoms with E-state index in [9.17, 15) is 8.78 Å². The van der Waals surface area contributed by atoms with Crippen LogP contribution in [0.25, 0.3) is 5.69 Å². The first-order valence-electron chi connectivity index (χ1n) is 5.65. The van der Waals surface area contributed by atoms with Gasteiger partial charge in [-0.05, 0) is 23.7 Å². The predicted molar refractivity (Wildman–Crippen MR) is 67.1 cm³/mol. The van der Waals surface area contributed by atoms with Gasteiger partial charge in [0.2, 0.25) is 5.28 Å². The number of nitrogens with zero attached hydrogens (tertiary/aromatic N) is 3. The third-order valence-corrected chi connectivity index (χ3v) is 2.73. The van der Waals surface area contributed by atoms with Crippen molar-refractivity contribution in [1.82, 2.24) is 14.8 Å². The lowest BCUT2D eigenvalue weighted by atomic mass is 10.2. The fourth-order valence-electron chi connectivity index (χ4n) is 1.71. The SMILES string of the molecule is CC(C)c1nnc(Cl)n1-c1ccccc1OC(F)F. The summed E-state index contributed by atoms with van der Waals surface area (Å²) in [5.41, 5.74) is 0.390. The van der Waals surface area contributed by atoms with Crippen LogP contribution in [0.3, 0.4) is 0 Å². The molecule has 0 saturated carbocycles. The maximum atomic E-state index is 12.4. The molecule has 102 valence electrons. The minimum absolute atomic E-state index is 0.0288. The average Bonchev–Trinajstić information content (AvgIpc) is 2.71. The van der Waals surface area contributed by atoms with Gasteiger partial charge in [0, 0.05) is 5.92 Å². The van der Waals surface area contributed by atoms with Crippen molar-refractivity contribution in [2.24, 2.45) is 0 Å². The standard InChI is InChI=1S/C12H12ClF2N3O/c1-7(2)10-16-17-11(13)18(10)8-5-3-4-6-9(8)19-12(14)15/h3-7,12H,1-2H3. The van der Waals surface area contributed by atoms with E-state index in [-0.39, 0.29) is 17.0 Å². The topological polar surface area (TPSA) is 39.9 Å². The Balaban J connectivity index is 2.56. The molecule has 1 aromatic carbocycles. The van der Waals surface area contributed by atoms with E-state index in [1.54, 1.807) is 18.2 Å². The summed E-state index contributed by atoms with van der Waals surface area (Å²) < 4.78 is 30.8. The quantitative estimate of drug-likeness (QED) is 0.862. The summed E-state index contributed by atoms with van der Waals surface area (Å²) in [5.74, 6) is 0.649. The first kappa shape index (κ1) is 13.7. The van der Waals surface area contributed by atoms with Crippen LogP contribution in [0.5, 0.6) is 5.75 Å². The molecule has 1 aromatic heterocycles. The van der Waals surface area contributed by atoms with Crippen molar-refractivity contribution in [2.45, 2.75) is 26.4 Å². The molecule has 4 nitrogen and oxygen atoms in total. The summed E-state index contributed by atoms with van der Waals surface area (Å²) in [6.07, 6.45) is 0. The Morgan fingerprint density at radius 2 is 1.89 bits per heavy atom. The van der Waals surface area contributed by atoms with Gasteiger partial charge in [-0.15, -0.1) is 10.2 Å². The van der Waals surface area contributed by atoms with E-state index in [4.69, 9.17) is 11.6 Å². The molecule has 0 amide bonds. The normalized spacial score (nSPS) is 11.3. The minimum atomic E-state index is -2.90. The first-order valence-corrected chi connectivity index (χ1v) is 6.03. The zero-order chi connectivity index (χ0) is 14.0. The lowest BCUT2D eigenvalue weighted by molar-refractivity contribution is -0.0498. The number of ether oxygens (including phenoxy) is 1. The molecular weight excluding hydrogens is 276 g/mol. The second kappa shape index (κ2) is 5.52. The van der Waals surface area contributed by atoms with Crippen molar-refractivity contribution >= 4 is 11.6 Å². The third-order valence-electron chi connectivity index (χ3n) is 2.49. The van der Waals surface area contributed by atoms with Crippen LogP contribution in [0.4, 0.5) is 8.78 Å². The largest absolute Gasteiger partial charge is 0.433 e. The van der Waals surface area contributed by atoms with Gasteiger partial charge in [-0.3, -0.25) is 4.57 Å². The molecular formula is C12H12ClF2N3O. The summed E-state index contributed by atoms with van der Waals surface area (Å²) >= 11 is 5.98. The molecule has 0 aliphatic rings. The molecule has 0 unspecified atom stereocenters. The monoisotopic (exact) mass is 287 g/mol. The molecule has 2 aromatic rings. The number of aromatic nitrogens is 3. The van der Waals surface area contributed by atoms with Gasteiger partial charge in [0.1, 0.15) is 11.6 Å². The molecule has 0 aliphatic carbocycles.